The SMILES string of the molecule is CCC(C)C(=O)OC(C)(C)CS(=O)O. The second-order valence-electron chi connectivity index (χ2n) is 3.96. The summed E-state index contributed by atoms with van der Waals surface area (Å²) in [5, 5.41) is 0. The third kappa shape index (κ3) is 5.34. The molecule has 1 N–H and O–H groups in total. The molecule has 0 aliphatic rings. The molecule has 0 bridgehead atoms. The number of hydrogen-bond donors (Lipinski definition) is 1. The Balaban J connectivity index is 4.21. The van der Waals surface area contributed by atoms with Crippen molar-refractivity contribution in [1.82, 2.24) is 0 Å². The Kier molecular flexibility index (Phi) is 5.29. The standard InChI is InChI=1S/C9H18O4S/c1-5-7(2)8(10)13-9(3,4)6-14(11)12/h7H,5-6H2,1-4H3,(H,11,12). The smallest absolute Gasteiger partial charge is 0.309 e. The number of rotatable bonds is 5. The summed E-state index contributed by atoms with van der Waals surface area (Å²) in [7, 11) is 0. The van der Waals surface area contributed by atoms with Crippen molar-refractivity contribution in [3.05, 3.63) is 0 Å². The van der Waals surface area contributed by atoms with Gasteiger partial charge in [0.15, 0.2) is 11.1 Å². The maximum Gasteiger partial charge on any atom is 0.309 e. The molecule has 14 heavy (non-hydrogen) atoms. The van der Waals surface area contributed by atoms with E-state index in [4.69, 9.17) is 9.29 Å². The molecular weight excluding hydrogens is 204 g/mol. The van der Waals surface area contributed by atoms with E-state index < -0.39 is 16.7 Å². The highest BCUT2D eigenvalue weighted by molar-refractivity contribution is 7.79. The third-order valence-corrected chi connectivity index (χ3v) is 2.80. The van der Waals surface area contributed by atoms with Crippen LogP contribution in [-0.4, -0.2) is 26.1 Å². The summed E-state index contributed by atoms with van der Waals surface area (Å²) in [6.45, 7) is 6.92. The van der Waals surface area contributed by atoms with Gasteiger partial charge >= 0.3 is 5.97 Å². The first-order valence-corrected chi connectivity index (χ1v) is 5.86. The second kappa shape index (κ2) is 5.46. The van der Waals surface area contributed by atoms with E-state index in [1.165, 1.54) is 0 Å². The Morgan fingerprint density at radius 2 is 2.07 bits per heavy atom. The van der Waals surface area contributed by atoms with Crippen molar-refractivity contribution in [2.45, 2.75) is 39.7 Å². The summed E-state index contributed by atoms with van der Waals surface area (Å²) < 4.78 is 24.3. The van der Waals surface area contributed by atoms with Crippen LogP contribution in [0.25, 0.3) is 0 Å². The minimum Gasteiger partial charge on any atom is -0.458 e. The maximum absolute atomic E-state index is 11.4. The van der Waals surface area contributed by atoms with Crippen molar-refractivity contribution in [3.8, 4) is 0 Å². The van der Waals surface area contributed by atoms with Gasteiger partial charge in [-0.05, 0) is 20.3 Å². The molecule has 4 nitrogen and oxygen atoms in total. The Labute approximate surface area is 87.3 Å². The van der Waals surface area contributed by atoms with Gasteiger partial charge in [-0.25, -0.2) is 4.21 Å². The van der Waals surface area contributed by atoms with Crippen LogP contribution in [0.4, 0.5) is 0 Å². The summed E-state index contributed by atoms with van der Waals surface area (Å²) in [6, 6.07) is 0. The summed E-state index contributed by atoms with van der Waals surface area (Å²) >= 11 is -1.94. The Morgan fingerprint density at radius 1 is 1.57 bits per heavy atom. The lowest BCUT2D eigenvalue weighted by Gasteiger charge is -2.24. The topological polar surface area (TPSA) is 63.6 Å². The minimum absolute atomic E-state index is 0.0603. The molecule has 0 saturated carbocycles. The van der Waals surface area contributed by atoms with Gasteiger partial charge in [-0.2, -0.15) is 0 Å². The van der Waals surface area contributed by atoms with E-state index in [0.717, 1.165) is 0 Å². The fourth-order valence-electron chi connectivity index (χ4n) is 0.866. The van der Waals surface area contributed by atoms with Crippen LogP contribution in [0.3, 0.4) is 0 Å². The second-order valence-corrected chi connectivity index (χ2v) is 4.89. The summed E-state index contributed by atoms with van der Waals surface area (Å²) in [5.74, 6) is -0.542. The zero-order chi connectivity index (χ0) is 11.4. The fourth-order valence-corrected chi connectivity index (χ4v) is 1.52. The summed E-state index contributed by atoms with van der Waals surface area (Å²) in [4.78, 5) is 11.4. The Hall–Kier alpha value is -0.420. The highest BCUT2D eigenvalue weighted by atomic mass is 32.2. The maximum atomic E-state index is 11.4. The van der Waals surface area contributed by atoms with Crippen LogP contribution < -0.4 is 0 Å². The monoisotopic (exact) mass is 222 g/mol. The van der Waals surface area contributed by atoms with Gasteiger partial charge in [0.25, 0.3) is 0 Å². The molecule has 0 aliphatic carbocycles. The predicted octanol–water partition coefficient (Wildman–Crippen LogP) is 1.58. The molecule has 0 aromatic rings. The zero-order valence-electron chi connectivity index (χ0n) is 9.07. The molecule has 0 rings (SSSR count). The third-order valence-electron chi connectivity index (χ3n) is 1.86. The van der Waals surface area contributed by atoms with Gasteiger partial charge < -0.3 is 9.29 Å². The highest BCUT2D eigenvalue weighted by Crippen LogP contribution is 2.14. The Morgan fingerprint density at radius 3 is 2.43 bits per heavy atom. The number of esters is 1. The molecule has 0 aliphatic heterocycles. The molecule has 84 valence electrons. The largest absolute Gasteiger partial charge is 0.458 e. The fraction of sp³-hybridized carbons (Fsp3) is 0.889. The van der Waals surface area contributed by atoms with E-state index >= 15 is 0 Å². The van der Waals surface area contributed by atoms with Crippen molar-refractivity contribution >= 4 is 17.0 Å². The quantitative estimate of drug-likeness (QED) is 0.566. The van der Waals surface area contributed by atoms with E-state index in [2.05, 4.69) is 0 Å². The first-order valence-electron chi connectivity index (χ1n) is 4.59. The number of hydrogen-bond acceptors (Lipinski definition) is 3. The molecular formula is C9H18O4S. The van der Waals surface area contributed by atoms with Crippen LogP contribution in [0.1, 0.15) is 34.1 Å². The van der Waals surface area contributed by atoms with Crippen LogP contribution in [0.15, 0.2) is 0 Å². The van der Waals surface area contributed by atoms with E-state index in [-0.39, 0.29) is 17.6 Å². The molecule has 0 aromatic heterocycles. The van der Waals surface area contributed by atoms with Gasteiger partial charge in [-0.1, -0.05) is 13.8 Å². The van der Waals surface area contributed by atoms with Crippen LogP contribution in [-0.2, 0) is 20.6 Å². The summed E-state index contributed by atoms with van der Waals surface area (Å²) in [5.41, 5.74) is -0.875. The number of ether oxygens (including phenoxy) is 1. The van der Waals surface area contributed by atoms with Crippen LogP contribution in [0, 0.1) is 5.92 Å². The molecule has 0 spiro atoms. The van der Waals surface area contributed by atoms with E-state index in [9.17, 15) is 9.00 Å². The van der Waals surface area contributed by atoms with Gasteiger partial charge in [0.1, 0.15) is 5.60 Å². The number of carbonyl (C=O) groups is 1. The molecule has 0 aromatic carbocycles. The molecule has 0 saturated heterocycles. The molecule has 0 radical (unpaired) electrons. The predicted molar refractivity (Wildman–Crippen MR) is 55.3 cm³/mol. The van der Waals surface area contributed by atoms with Crippen molar-refractivity contribution < 1.29 is 18.3 Å². The molecule has 0 amide bonds. The molecule has 2 atom stereocenters. The van der Waals surface area contributed by atoms with Gasteiger partial charge in [0.05, 0.1) is 11.7 Å². The lowest BCUT2D eigenvalue weighted by Crippen LogP contribution is -2.35. The van der Waals surface area contributed by atoms with Crippen molar-refractivity contribution in [2.24, 2.45) is 5.92 Å². The lowest BCUT2D eigenvalue weighted by atomic mass is 10.1. The average molecular weight is 222 g/mol. The van der Waals surface area contributed by atoms with E-state index in [1.54, 1.807) is 20.8 Å². The van der Waals surface area contributed by atoms with Crippen molar-refractivity contribution in [2.75, 3.05) is 5.75 Å². The van der Waals surface area contributed by atoms with Gasteiger partial charge in [0, 0.05) is 0 Å². The molecule has 0 heterocycles. The van der Waals surface area contributed by atoms with Gasteiger partial charge in [-0.3, -0.25) is 4.79 Å². The molecule has 2 unspecified atom stereocenters. The van der Waals surface area contributed by atoms with Crippen LogP contribution >= 0.6 is 0 Å². The van der Waals surface area contributed by atoms with Crippen LogP contribution in [0.5, 0.6) is 0 Å². The summed E-state index contributed by atoms with van der Waals surface area (Å²) in [6.07, 6.45) is 0.705. The van der Waals surface area contributed by atoms with Crippen LogP contribution in [0.2, 0.25) is 0 Å². The first kappa shape index (κ1) is 13.6. The minimum atomic E-state index is -1.94. The Bertz CT molecular complexity index is 225. The lowest BCUT2D eigenvalue weighted by molar-refractivity contribution is -0.159. The van der Waals surface area contributed by atoms with Crippen molar-refractivity contribution in [1.29, 1.82) is 0 Å². The number of carbonyl (C=O) groups excluding carboxylic acids is 1. The van der Waals surface area contributed by atoms with Crippen molar-refractivity contribution in [3.63, 3.8) is 0 Å². The van der Waals surface area contributed by atoms with E-state index in [1.807, 2.05) is 6.92 Å². The normalized spacial score (nSPS) is 16.1. The van der Waals surface area contributed by atoms with Gasteiger partial charge in [-0.15, -0.1) is 0 Å². The molecule has 0 fully saturated rings. The zero-order valence-corrected chi connectivity index (χ0v) is 9.89. The van der Waals surface area contributed by atoms with Gasteiger partial charge in [0.2, 0.25) is 0 Å². The van der Waals surface area contributed by atoms with E-state index in [0.29, 0.717) is 6.42 Å². The highest BCUT2D eigenvalue weighted by Gasteiger charge is 2.27. The first-order chi connectivity index (χ1) is 6.28. The average Bonchev–Trinajstić information content (AvgIpc) is 1.99. The molecule has 5 heteroatoms.